The van der Waals surface area contributed by atoms with Crippen molar-refractivity contribution in [3.63, 3.8) is 0 Å². The standard InChI is InChI=1S/C24H17Cl2NO4/c1-31-19-10-6-5-9-18(19)27-21(14-7-3-2-4-8-14)20(23(29)24(27)30)22(28)15-11-12-16(25)17(26)13-15/h2-13,21,28H,1H3/b22-20-. The molecular formula is C24H17Cl2NO4. The number of para-hydroxylation sites is 2. The molecule has 3 aromatic carbocycles. The third-order valence-electron chi connectivity index (χ3n) is 5.10. The summed E-state index contributed by atoms with van der Waals surface area (Å²) in [6.07, 6.45) is 0. The summed E-state index contributed by atoms with van der Waals surface area (Å²) >= 11 is 12.1. The number of Topliss-reactive ketones (excluding diaryl/α,β-unsaturated/α-hetero) is 1. The first kappa shape index (κ1) is 21.0. The molecule has 0 saturated carbocycles. The molecule has 1 heterocycles. The minimum absolute atomic E-state index is 0.0412. The maximum atomic E-state index is 13.2. The number of carbonyl (C=O) groups excluding carboxylic acids is 2. The molecule has 1 aliphatic heterocycles. The van der Waals surface area contributed by atoms with Crippen molar-refractivity contribution < 1.29 is 19.4 Å². The lowest BCUT2D eigenvalue weighted by molar-refractivity contribution is -0.132. The van der Waals surface area contributed by atoms with E-state index in [-0.39, 0.29) is 21.9 Å². The number of aliphatic hydroxyl groups is 1. The van der Waals surface area contributed by atoms with Gasteiger partial charge in [0, 0.05) is 5.56 Å². The fraction of sp³-hybridized carbons (Fsp3) is 0.0833. The number of ketones is 1. The number of hydrogen-bond acceptors (Lipinski definition) is 4. The molecule has 0 aromatic heterocycles. The predicted molar refractivity (Wildman–Crippen MR) is 121 cm³/mol. The maximum absolute atomic E-state index is 13.2. The van der Waals surface area contributed by atoms with E-state index in [2.05, 4.69) is 0 Å². The Balaban J connectivity index is 1.97. The van der Waals surface area contributed by atoms with Gasteiger partial charge in [-0.05, 0) is 35.9 Å². The molecule has 31 heavy (non-hydrogen) atoms. The molecule has 0 aliphatic carbocycles. The molecule has 1 fully saturated rings. The molecule has 7 heteroatoms. The average Bonchev–Trinajstić information content (AvgIpc) is 3.06. The van der Waals surface area contributed by atoms with Crippen molar-refractivity contribution in [1.82, 2.24) is 0 Å². The molecule has 1 N–H and O–H groups in total. The van der Waals surface area contributed by atoms with Crippen molar-refractivity contribution in [1.29, 1.82) is 0 Å². The number of carbonyl (C=O) groups is 2. The van der Waals surface area contributed by atoms with Crippen molar-refractivity contribution in [2.24, 2.45) is 0 Å². The number of halogens is 2. The van der Waals surface area contributed by atoms with Gasteiger partial charge in [-0.1, -0.05) is 65.7 Å². The van der Waals surface area contributed by atoms with Crippen LogP contribution in [0.25, 0.3) is 5.76 Å². The second kappa shape index (κ2) is 8.46. The first-order chi connectivity index (χ1) is 14.9. The van der Waals surface area contributed by atoms with Gasteiger partial charge in [0.25, 0.3) is 11.7 Å². The lowest BCUT2D eigenvalue weighted by atomic mass is 9.95. The molecule has 0 spiro atoms. The van der Waals surface area contributed by atoms with E-state index < -0.39 is 17.7 Å². The zero-order valence-electron chi connectivity index (χ0n) is 16.4. The van der Waals surface area contributed by atoms with Gasteiger partial charge >= 0.3 is 0 Å². The van der Waals surface area contributed by atoms with Gasteiger partial charge in [-0.2, -0.15) is 0 Å². The summed E-state index contributed by atoms with van der Waals surface area (Å²) in [6, 6.07) is 19.6. The van der Waals surface area contributed by atoms with Crippen LogP contribution in [0.3, 0.4) is 0 Å². The van der Waals surface area contributed by atoms with Gasteiger partial charge in [-0.15, -0.1) is 0 Å². The molecule has 156 valence electrons. The second-order valence-electron chi connectivity index (χ2n) is 6.88. The van der Waals surface area contributed by atoms with Crippen LogP contribution in [0, 0.1) is 0 Å². The number of rotatable bonds is 4. The zero-order valence-corrected chi connectivity index (χ0v) is 17.9. The number of anilines is 1. The molecule has 0 radical (unpaired) electrons. The number of benzene rings is 3. The number of hydrogen-bond donors (Lipinski definition) is 1. The smallest absolute Gasteiger partial charge is 0.300 e. The highest BCUT2D eigenvalue weighted by molar-refractivity contribution is 6.52. The van der Waals surface area contributed by atoms with Crippen molar-refractivity contribution in [2.75, 3.05) is 12.0 Å². The van der Waals surface area contributed by atoms with E-state index in [4.69, 9.17) is 27.9 Å². The molecule has 5 nitrogen and oxygen atoms in total. The lowest BCUT2D eigenvalue weighted by Crippen LogP contribution is -2.29. The quantitative estimate of drug-likeness (QED) is 0.315. The highest BCUT2D eigenvalue weighted by Crippen LogP contribution is 2.45. The number of methoxy groups -OCH3 is 1. The van der Waals surface area contributed by atoms with Gasteiger partial charge in [0.1, 0.15) is 11.5 Å². The fourth-order valence-corrected chi connectivity index (χ4v) is 3.96. The Labute approximate surface area is 189 Å². The van der Waals surface area contributed by atoms with E-state index in [1.807, 2.05) is 6.07 Å². The van der Waals surface area contributed by atoms with Gasteiger partial charge < -0.3 is 9.84 Å². The number of nitrogens with zero attached hydrogens (tertiary/aromatic N) is 1. The Morgan fingerprint density at radius 3 is 2.29 bits per heavy atom. The van der Waals surface area contributed by atoms with Crippen LogP contribution in [0.2, 0.25) is 10.0 Å². The Kier molecular flexibility index (Phi) is 5.72. The van der Waals surface area contributed by atoms with Crippen LogP contribution in [0.1, 0.15) is 17.2 Å². The van der Waals surface area contributed by atoms with Crippen LogP contribution >= 0.6 is 23.2 Å². The van der Waals surface area contributed by atoms with Crippen LogP contribution in [-0.4, -0.2) is 23.9 Å². The van der Waals surface area contributed by atoms with Gasteiger partial charge in [0.15, 0.2) is 0 Å². The third-order valence-corrected chi connectivity index (χ3v) is 5.84. The Bertz CT molecular complexity index is 1210. The Hall–Kier alpha value is -3.28. The first-order valence-electron chi connectivity index (χ1n) is 9.38. The maximum Gasteiger partial charge on any atom is 0.300 e. The zero-order chi connectivity index (χ0) is 22.1. The van der Waals surface area contributed by atoms with Crippen LogP contribution in [-0.2, 0) is 9.59 Å². The van der Waals surface area contributed by atoms with Crippen molar-refractivity contribution in [3.8, 4) is 5.75 Å². The Morgan fingerprint density at radius 1 is 0.935 bits per heavy atom. The monoisotopic (exact) mass is 453 g/mol. The highest BCUT2D eigenvalue weighted by atomic mass is 35.5. The molecule has 0 bridgehead atoms. The van der Waals surface area contributed by atoms with Crippen LogP contribution in [0.5, 0.6) is 5.75 Å². The van der Waals surface area contributed by atoms with Gasteiger partial charge in [0.2, 0.25) is 0 Å². The van der Waals surface area contributed by atoms with Crippen LogP contribution in [0.4, 0.5) is 5.69 Å². The van der Waals surface area contributed by atoms with E-state index in [1.165, 1.54) is 24.1 Å². The molecule has 4 rings (SSSR count). The van der Waals surface area contributed by atoms with E-state index in [1.54, 1.807) is 54.6 Å². The van der Waals surface area contributed by atoms with Gasteiger partial charge in [-0.25, -0.2) is 0 Å². The van der Waals surface area contributed by atoms with Crippen molar-refractivity contribution >= 4 is 46.3 Å². The van der Waals surface area contributed by atoms with E-state index in [0.717, 1.165) is 0 Å². The molecule has 1 aliphatic rings. The Morgan fingerprint density at radius 2 is 1.61 bits per heavy atom. The fourth-order valence-electron chi connectivity index (χ4n) is 3.66. The van der Waals surface area contributed by atoms with Crippen molar-refractivity contribution in [3.05, 3.63) is 99.5 Å². The van der Waals surface area contributed by atoms with Crippen LogP contribution in [0.15, 0.2) is 78.4 Å². The molecule has 1 saturated heterocycles. The summed E-state index contributed by atoms with van der Waals surface area (Å²) in [5, 5.41) is 11.6. The molecular weight excluding hydrogens is 437 g/mol. The van der Waals surface area contributed by atoms with Crippen molar-refractivity contribution in [2.45, 2.75) is 6.04 Å². The summed E-state index contributed by atoms with van der Waals surface area (Å²) in [5.74, 6) is -1.47. The third kappa shape index (κ3) is 3.67. The highest BCUT2D eigenvalue weighted by Gasteiger charge is 2.47. The van der Waals surface area contributed by atoms with Gasteiger partial charge in [0.05, 0.1) is 34.5 Å². The minimum Gasteiger partial charge on any atom is -0.507 e. The summed E-state index contributed by atoms with van der Waals surface area (Å²) in [6.45, 7) is 0. The SMILES string of the molecule is COc1ccccc1N1C(=O)C(=O)/C(=C(\O)c2ccc(Cl)c(Cl)c2)C1c1ccccc1. The summed E-state index contributed by atoms with van der Waals surface area (Å²) in [7, 11) is 1.49. The lowest BCUT2D eigenvalue weighted by Gasteiger charge is -2.26. The molecule has 3 aromatic rings. The molecule has 1 unspecified atom stereocenters. The largest absolute Gasteiger partial charge is 0.507 e. The number of ether oxygens (including phenoxy) is 1. The predicted octanol–water partition coefficient (Wildman–Crippen LogP) is 5.63. The average molecular weight is 454 g/mol. The van der Waals surface area contributed by atoms with Crippen LogP contribution < -0.4 is 9.64 Å². The summed E-state index contributed by atoms with van der Waals surface area (Å²) in [5.41, 5.74) is 1.33. The first-order valence-corrected chi connectivity index (χ1v) is 10.1. The molecule has 1 atom stereocenters. The number of amides is 1. The summed E-state index contributed by atoms with van der Waals surface area (Å²) in [4.78, 5) is 27.6. The van der Waals surface area contributed by atoms with Gasteiger partial charge in [-0.3, -0.25) is 14.5 Å². The minimum atomic E-state index is -0.855. The topological polar surface area (TPSA) is 66.8 Å². The second-order valence-corrected chi connectivity index (χ2v) is 7.69. The van der Waals surface area contributed by atoms with E-state index in [0.29, 0.717) is 22.0 Å². The normalized spacial score (nSPS) is 17.8. The molecule has 1 amide bonds. The van der Waals surface area contributed by atoms with E-state index >= 15 is 0 Å². The number of aliphatic hydroxyl groups excluding tert-OH is 1. The summed E-state index contributed by atoms with van der Waals surface area (Å²) < 4.78 is 5.42. The van der Waals surface area contributed by atoms with E-state index in [9.17, 15) is 14.7 Å².